The fourth-order valence-electron chi connectivity index (χ4n) is 4.25. The van der Waals surface area contributed by atoms with E-state index in [9.17, 15) is 14.7 Å². The molecule has 0 aromatic heterocycles. The monoisotopic (exact) mass is 538 g/mol. The summed E-state index contributed by atoms with van der Waals surface area (Å²) in [7, 11) is 2.14. The molecule has 0 bridgehead atoms. The van der Waals surface area contributed by atoms with Crippen LogP contribution in [0.5, 0.6) is 5.75 Å². The molecule has 3 aromatic carbocycles. The molecule has 0 radical (unpaired) electrons. The van der Waals surface area contributed by atoms with E-state index in [4.69, 9.17) is 4.74 Å². The summed E-state index contributed by atoms with van der Waals surface area (Å²) in [5.74, 6) is -0.273. The first-order valence-corrected chi connectivity index (χ1v) is 12.5. The molecule has 2 amide bonds. The minimum atomic E-state index is -0.326. The van der Waals surface area contributed by atoms with Crippen LogP contribution in [0.3, 0.4) is 0 Å². The molecule has 4 rings (SSSR count). The number of amides is 2. The third kappa shape index (κ3) is 7.47. The standard InChI is InChI=1S/C29H34N4O4.ClH/c1-21-7-9-22(10-8-21)28(35)30-25-5-3-6-26(37-20-19-34)27(25)31-29(36)23-11-13-24(14-12-23)33-16-4-15-32(2)17-18-33;/h3,5-14,34H,4,15-20H2,1-2H3,(H,30,35)(H,31,36);1H. The Morgan fingerprint density at radius 1 is 0.868 bits per heavy atom. The van der Waals surface area contributed by atoms with E-state index in [1.165, 1.54) is 0 Å². The highest BCUT2D eigenvalue weighted by Crippen LogP contribution is 2.34. The molecular weight excluding hydrogens is 504 g/mol. The Bertz CT molecular complexity index is 1220. The van der Waals surface area contributed by atoms with Crippen molar-refractivity contribution < 1.29 is 19.4 Å². The number of nitrogens with zero attached hydrogens (tertiary/aromatic N) is 2. The number of aryl methyl sites for hydroxylation is 1. The molecule has 8 nitrogen and oxygen atoms in total. The highest BCUT2D eigenvalue weighted by atomic mass is 35.5. The van der Waals surface area contributed by atoms with Crippen LogP contribution in [0.2, 0.25) is 0 Å². The van der Waals surface area contributed by atoms with Crippen molar-refractivity contribution in [2.75, 3.05) is 62.0 Å². The number of hydrogen-bond donors (Lipinski definition) is 3. The molecule has 1 aliphatic rings. The summed E-state index contributed by atoms with van der Waals surface area (Å²) < 4.78 is 5.66. The van der Waals surface area contributed by atoms with Crippen molar-refractivity contribution in [2.45, 2.75) is 13.3 Å². The van der Waals surface area contributed by atoms with Crippen molar-refractivity contribution >= 4 is 41.3 Å². The van der Waals surface area contributed by atoms with Crippen molar-refractivity contribution in [3.8, 4) is 5.75 Å². The predicted molar refractivity (Wildman–Crippen MR) is 154 cm³/mol. The summed E-state index contributed by atoms with van der Waals surface area (Å²) in [6.45, 7) is 5.84. The molecule has 38 heavy (non-hydrogen) atoms. The fourth-order valence-corrected chi connectivity index (χ4v) is 4.25. The minimum absolute atomic E-state index is 0. The molecule has 1 heterocycles. The number of aliphatic hydroxyl groups is 1. The van der Waals surface area contributed by atoms with E-state index in [0.29, 0.717) is 28.3 Å². The van der Waals surface area contributed by atoms with E-state index in [0.717, 1.165) is 43.9 Å². The first-order chi connectivity index (χ1) is 17.9. The predicted octanol–water partition coefficient (Wildman–Crippen LogP) is 4.43. The zero-order chi connectivity index (χ0) is 26.2. The molecular formula is C29H35ClN4O4. The number of aliphatic hydroxyl groups excluding tert-OH is 1. The van der Waals surface area contributed by atoms with E-state index in [1.54, 1.807) is 42.5 Å². The zero-order valence-electron chi connectivity index (χ0n) is 21.8. The molecule has 0 atom stereocenters. The molecule has 9 heteroatoms. The molecule has 0 saturated carbocycles. The van der Waals surface area contributed by atoms with Gasteiger partial charge in [-0.1, -0.05) is 23.8 Å². The number of hydrogen-bond acceptors (Lipinski definition) is 6. The summed E-state index contributed by atoms with van der Waals surface area (Å²) in [4.78, 5) is 30.8. The highest BCUT2D eigenvalue weighted by molar-refractivity contribution is 6.11. The van der Waals surface area contributed by atoms with Crippen molar-refractivity contribution in [3.63, 3.8) is 0 Å². The van der Waals surface area contributed by atoms with Gasteiger partial charge in [0.25, 0.3) is 11.8 Å². The summed E-state index contributed by atoms with van der Waals surface area (Å²) in [6, 6.07) is 19.9. The largest absolute Gasteiger partial charge is 0.489 e. The van der Waals surface area contributed by atoms with Gasteiger partial charge in [-0.05, 0) is 75.5 Å². The lowest BCUT2D eigenvalue weighted by atomic mass is 10.1. The number of carbonyl (C=O) groups is 2. The van der Waals surface area contributed by atoms with E-state index < -0.39 is 0 Å². The van der Waals surface area contributed by atoms with Gasteiger partial charge >= 0.3 is 0 Å². The van der Waals surface area contributed by atoms with Crippen molar-refractivity contribution in [2.24, 2.45) is 0 Å². The Morgan fingerprint density at radius 2 is 1.53 bits per heavy atom. The van der Waals surface area contributed by atoms with E-state index >= 15 is 0 Å². The van der Waals surface area contributed by atoms with Gasteiger partial charge in [-0.15, -0.1) is 12.4 Å². The van der Waals surface area contributed by atoms with Crippen LogP contribution >= 0.6 is 12.4 Å². The first kappa shape index (κ1) is 29.0. The lowest BCUT2D eigenvalue weighted by molar-refractivity contribution is 0.101. The number of halogens is 1. The number of nitrogens with one attached hydrogen (secondary N) is 2. The Morgan fingerprint density at radius 3 is 2.21 bits per heavy atom. The number of carbonyl (C=O) groups excluding carboxylic acids is 2. The highest BCUT2D eigenvalue weighted by Gasteiger charge is 2.18. The number of para-hydroxylation sites is 1. The molecule has 1 saturated heterocycles. The van der Waals surface area contributed by atoms with Crippen LogP contribution in [-0.4, -0.2) is 68.3 Å². The van der Waals surface area contributed by atoms with Crippen LogP contribution in [0.15, 0.2) is 66.7 Å². The lowest BCUT2D eigenvalue weighted by Crippen LogP contribution is -2.28. The Kier molecular flexibility index (Phi) is 10.5. The Balaban J connectivity index is 0.00000400. The summed E-state index contributed by atoms with van der Waals surface area (Å²) >= 11 is 0. The van der Waals surface area contributed by atoms with Gasteiger partial charge in [-0.3, -0.25) is 9.59 Å². The summed E-state index contributed by atoms with van der Waals surface area (Å²) in [5, 5.41) is 15.0. The minimum Gasteiger partial charge on any atom is -0.489 e. The number of ether oxygens (including phenoxy) is 1. The smallest absolute Gasteiger partial charge is 0.255 e. The van der Waals surface area contributed by atoms with Gasteiger partial charge < -0.3 is 30.3 Å². The summed E-state index contributed by atoms with van der Waals surface area (Å²) in [6.07, 6.45) is 1.10. The van der Waals surface area contributed by atoms with E-state index in [1.807, 2.05) is 31.2 Å². The van der Waals surface area contributed by atoms with Crippen molar-refractivity contribution in [1.29, 1.82) is 0 Å². The van der Waals surface area contributed by atoms with Crippen LogP contribution in [0.4, 0.5) is 17.1 Å². The number of benzene rings is 3. The third-order valence-corrected chi connectivity index (χ3v) is 6.39. The maximum absolute atomic E-state index is 13.2. The van der Waals surface area contributed by atoms with Gasteiger partial charge in [0.2, 0.25) is 0 Å². The molecule has 0 aliphatic carbocycles. The molecule has 0 unspecified atom stereocenters. The second-order valence-electron chi connectivity index (χ2n) is 9.22. The quantitative estimate of drug-likeness (QED) is 0.393. The SMILES string of the molecule is Cc1ccc(C(=O)Nc2cccc(OCCO)c2NC(=O)c2ccc(N3CCCN(C)CC3)cc2)cc1.Cl. The van der Waals surface area contributed by atoms with Gasteiger partial charge in [0.05, 0.1) is 12.3 Å². The van der Waals surface area contributed by atoms with Crippen LogP contribution < -0.4 is 20.3 Å². The van der Waals surface area contributed by atoms with Gasteiger partial charge in [-0.2, -0.15) is 0 Å². The molecule has 0 spiro atoms. The molecule has 202 valence electrons. The van der Waals surface area contributed by atoms with Crippen LogP contribution in [0.25, 0.3) is 0 Å². The topological polar surface area (TPSA) is 94.1 Å². The van der Waals surface area contributed by atoms with Crippen LogP contribution in [0, 0.1) is 6.92 Å². The normalized spacial score (nSPS) is 13.7. The van der Waals surface area contributed by atoms with E-state index in [2.05, 4.69) is 27.5 Å². The van der Waals surface area contributed by atoms with Crippen LogP contribution in [-0.2, 0) is 0 Å². The number of likely N-dealkylation sites (N-methyl/N-ethyl adjacent to an activating group) is 1. The van der Waals surface area contributed by atoms with Gasteiger partial charge in [0.1, 0.15) is 18.0 Å². The second kappa shape index (κ2) is 13.8. The Labute approximate surface area is 230 Å². The zero-order valence-corrected chi connectivity index (χ0v) is 22.6. The second-order valence-corrected chi connectivity index (χ2v) is 9.22. The maximum atomic E-state index is 13.2. The Hall–Kier alpha value is -3.59. The van der Waals surface area contributed by atoms with Gasteiger partial charge in [0, 0.05) is 36.4 Å². The average molecular weight is 539 g/mol. The molecule has 3 aromatic rings. The van der Waals surface area contributed by atoms with Crippen molar-refractivity contribution in [3.05, 3.63) is 83.4 Å². The van der Waals surface area contributed by atoms with Gasteiger partial charge in [-0.25, -0.2) is 0 Å². The molecule has 3 N–H and O–H groups in total. The molecule has 1 aliphatic heterocycles. The average Bonchev–Trinajstić information content (AvgIpc) is 3.13. The lowest BCUT2D eigenvalue weighted by Gasteiger charge is -2.23. The summed E-state index contributed by atoms with van der Waals surface area (Å²) in [5.41, 5.74) is 3.87. The third-order valence-electron chi connectivity index (χ3n) is 6.39. The van der Waals surface area contributed by atoms with Crippen molar-refractivity contribution in [1.82, 2.24) is 4.90 Å². The first-order valence-electron chi connectivity index (χ1n) is 12.5. The fraction of sp³-hybridized carbons (Fsp3) is 0.310. The van der Waals surface area contributed by atoms with E-state index in [-0.39, 0.29) is 37.4 Å². The number of rotatable bonds is 8. The van der Waals surface area contributed by atoms with Crippen LogP contribution in [0.1, 0.15) is 32.7 Å². The number of anilines is 3. The van der Waals surface area contributed by atoms with Gasteiger partial charge in [0.15, 0.2) is 0 Å². The maximum Gasteiger partial charge on any atom is 0.255 e. The molecule has 1 fully saturated rings.